The summed E-state index contributed by atoms with van der Waals surface area (Å²) in [6.45, 7) is 4.79. The van der Waals surface area contributed by atoms with Gasteiger partial charge in [0.25, 0.3) is 5.91 Å². The Morgan fingerprint density at radius 1 is 1.23 bits per heavy atom. The van der Waals surface area contributed by atoms with Crippen LogP contribution in [0.4, 0.5) is 0 Å². The van der Waals surface area contributed by atoms with E-state index in [-0.39, 0.29) is 11.9 Å². The number of aryl methyl sites for hydroxylation is 2. The summed E-state index contributed by atoms with van der Waals surface area (Å²) in [5, 5.41) is 17.3. The lowest BCUT2D eigenvalue weighted by atomic mass is 9.87. The summed E-state index contributed by atoms with van der Waals surface area (Å²) in [5.41, 5.74) is 3.23. The Hall–Kier alpha value is -3.60. The molecule has 1 fully saturated rings. The zero-order valence-corrected chi connectivity index (χ0v) is 17.8. The van der Waals surface area contributed by atoms with Gasteiger partial charge in [-0.1, -0.05) is 6.92 Å². The second kappa shape index (κ2) is 9.04. The molecule has 1 saturated heterocycles. The van der Waals surface area contributed by atoms with Crippen molar-refractivity contribution in [3.05, 3.63) is 65.5 Å². The molecule has 3 aromatic heterocycles. The van der Waals surface area contributed by atoms with E-state index in [1.165, 1.54) is 4.80 Å². The van der Waals surface area contributed by atoms with Crippen molar-refractivity contribution in [3.63, 3.8) is 0 Å². The number of likely N-dealkylation sites (tertiary alicyclic amines) is 1. The standard InChI is InChI=1S/C23H25N7O/c1-16-4-3-13-29(20(16)10-8-19-7-6-18(14-24)15-25-19)23(31)22-21(9-5-17(2)28-22)30-26-11-12-27-30/h5-7,9,11-12,15-16,20H,3-4,8,10,13H2,1-2H3/t16-,20-/m1/s1. The van der Waals surface area contributed by atoms with Crippen LogP contribution >= 0.6 is 0 Å². The van der Waals surface area contributed by atoms with E-state index in [4.69, 9.17) is 5.26 Å². The Morgan fingerprint density at radius 2 is 2.03 bits per heavy atom. The normalized spacial score (nSPS) is 18.5. The van der Waals surface area contributed by atoms with Gasteiger partial charge < -0.3 is 4.90 Å². The van der Waals surface area contributed by atoms with Gasteiger partial charge in [0, 0.05) is 30.2 Å². The summed E-state index contributed by atoms with van der Waals surface area (Å²) < 4.78 is 0. The van der Waals surface area contributed by atoms with Crippen LogP contribution in [0, 0.1) is 24.2 Å². The fourth-order valence-electron chi connectivity index (χ4n) is 4.22. The van der Waals surface area contributed by atoms with Gasteiger partial charge in [-0.2, -0.15) is 15.5 Å². The van der Waals surface area contributed by atoms with Crippen LogP contribution in [0.25, 0.3) is 5.69 Å². The van der Waals surface area contributed by atoms with Crippen LogP contribution in [-0.4, -0.2) is 48.4 Å². The molecule has 0 radical (unpaired) electrons. The molecule has 2 atom stereocenters. The van der Waals surface area contributed by atoms with E-state index in [0.29, 0.717) is 29.4 Å². The summed E-state index contributed by atoms with van der Waals surface area (Å²) in [5.74, 6) is 0.299. The summed E-state index contributed by atoms with van der Waals surface area (Å²) in [7, 11) is 0. The first-order chi connectivity index (χ1) is 15.1. The monoisotopic (exact) mass is 415 g/mol. The lowest BCUT2D eigenvalue weighted by Gasteiger charge is -2.40. The number of nitriles is 1. The van der Waals surface area contributed by atoms with Crippen molar-refractivity contribution in [2.75, 3.05) is 6.54 Å². The molecule has 31 heavy (non-hydrogen) atoms. The van der Waals surface area contributed by atoms with Gasteiger partial charge in [-0.3, -0.25) is 9.78 Å². The van der Waals surface area contributed by atoms with Crippen LogP contribution in [0.15, 0.2) is 42.9 Å². The van der Waals surface area contributed by atoms with Gasteiger partial charge in [0.05, 0.1) is 18.0 Å². The van der Waals surface area contributed by atoms with Gasteiger partial charge in [0.2, 0.25) is 0 Å². The summed E-state index contributed by atoms with van der Waals surface area (Å²) in [6, 6.07) is 9.58. The third-order valence-electron chi connectivity index (χ3n) is 5.88. The average Bonchev–Trinajstić information content (AvgIpc) is 3.32. The molecule has 0 N–H and O–H groups in total. The number of pyridine rings is 2. The van der Waals surface area contributed by atoms with Crippen molar-refractivity contribution in [1.82, 2.24) is 29.9 Å². The molecule has 1 aliphatic rings. The molecule has 0 bridgehead atoms. The Bertz CT molecular complexity index is 1090. The van der Waals surface area contributed by atoms with Crippen LogP contribution in [0.2, 0.25) is 0 Å². The Morgan fingerprint density at radius 3 is 2.74 bits per heavy atom. The lowest BCUT2D eigenvalue weighted by molar-refractivity contribution is 0.0492. The minimum absolute atomic E-state index is 0.0830. The fraction of sp³-hybridized carbons (Fsp3) is 0.391. The minimum Gasteiger partial charge on any atom is -0.334 e. The van der Waals surface area contributed by atoms with Crippen molar-refractivity contribution in [3.8, 4) is 11.8 Å². The zero-order chi connectivity index (χ0) is 21.8. The van der Waals surface area contributed by atoms with Crippen LogP contribution in [0.3, 0.4) is 0 Å². The molecule has 0 spiro atoms. The number of carbonyl (C=O) groups excluding carboxylic acids is 1. The van der Waals surface area contributed by atoms with E-state index >= 15 is 0 Å². The van der Waals surface area contributed by atoms with E-state index in [1.54, 1.807) is 24.7 Å². The lowest BCUT2D eigenvalue weighted by Crippen LogP contribution is -2.48. The first-order valence-electron chi connectivity index (χ1n) is 10.6. The highest BCUT2D eigenvalue weighted by Gasteiger charge is 2.34. The van der Waals surface area contributed by atoms with E-state index in [1.807, 2.05) is 30.0 Å². The topological polar surface area (TPSA) is 101 Å². The SMILES string of the molecule is Cc1ccc(-n2nccn2)c(C(=O)N2CCC[C@@H](C)[C@H]2CCc2ccc(C#N)cn2)n1. The number of hydrogen-bond acceptors (Lipinski definition) is 6. The number of nitrogens with zero attached hydrogens (tertiary/aromatic N) is 7. The largest absolute Gasteiger partial charge is 0.334 e. The summed E-state index contributed by atoms with van der Waals surface area (Å²) >= 11 is 0. The predicted molar refractivity (Wildman–Crippen MR) is 114 cm³/mol. The van der Waals surface area contributed by atoms with Gasteiger partial charge in [-0.15, -0.1) is 4.80 Å². The molecule has 1 aliphatic heterocycles. The highest BCUT2D eigenvalue weighted by Crippen LogP contribution is 2.29. The van der Waals surface area contributed by atoms with E-state index < -0.39 is 0 Å². The van der Waals surface area contributed by atoms with Crippen molar-refractivity contribution in [2.45, 2.75) is 45.6 Å². The second-order valence-corrected chi connectivity index (χ2v) is 8.01. The summed E-state index contributed by atoms with van der Waals surface area (Å²) in [4.78, 5) is 26.0. The molecule has 0 aliphatic carbocycles. The maximum absolute atomic E-state index is 13.7. The quantitative estimate of drug-likeness (QED) is 0.635. The van der Waals surface area contributed by atoms with Crippen molar-refractivity contribution in [1.29, 1.82) is 5.26 Å². The Kier molecular flexibility index (Phi) is 6.03. The molecule has 1 amide bonds. The van der Waals surface area contributed by atoms with Crippen LogP contribution in [0.1, 0.15) is 53.6 Å². The minimum atomic E-state index is -0.0830. The second-order valence-electron chi connectivity index (χ2n) is 8.01. The molecule has 0 aromatic carbocycles. The van der Waals surface area contributed by atoms with Gasteiger partial charge in [-0.05, 0) is 62.8 Å². The highest BCUT2D eigenvalue weighted by atomic mass is 16.2. The van der Waals surface area contributed by atoms with Gasteiger partial charge in [-0.25, -0.2) is 4.98 Å². The molecule has 4 heterocycles. The molecule has 0 saturated carbocycles. The number of carbonyl (C=O) groups is 1. The number of amides is 1. The Balaban J connectivity index is 1.58. The molecule has 8 nitrogen and oxygen atoms in total. The smallest absolute Gasteiger partial charge is 0.275 e. The number of piperidine rings is 1. The number of aromatic nitrogens is 5. The van der Waals surface area contributed by atoms with Crippen LogP contribution < -0.4 is 0 Å². The molecule has 0 unspecified atom stereocenters. The average molecular weight is 416 g/mol. The van der Waals surface area contributed by atoms with Gasteiger partial charge in [0.1, 0.15) is 11.8 Å². The number of hydrogen-bond donors (Lipinski definition) is 0. The van der Waals surface area contributed by atoms with Crippen molar-refractivity contribution in [2.24, 2.45) is 5.92 Å². The van der Waals surface area contributed by atoms with Gasteiger partial charge in [0.15, 0.2) is 5.69 Å². The van der Waals surface area contributed by atoms with Gasteiger partial charge >= 0.3 is 0 Å². The third-order valence-corrected chi connectivity index (χ3v) is 5.88. The highest BCUT2D eigenvalue weighted by molar-refractivity contribution is 5.96. The maximum atomic E-state index is 13.7. The van der Waals surface area contributed by atoms with E-state index in [2.05, 4.69) is 33.2 Å². The molecule has 3 aromatic rings. The molecular formula is C23H25N7O. The molecule has 158 valence electrons. The van der Waals surface area contributed by atoms with Crippen molar-refractivity contribution < 1.29 is 4.79 Å². The first-order valence-corrected chi connectivity index (χ1v) is 10.6. The molecular weight excluding hydrogens is 390 g/mol. The first kappa shape index (κ1) is 20.7. The van der Waals surface area contributed by atoms with Crippen LogP contribution in [-0.2, 0) is 6.42 Å². The predicted octanol–water partition coefficient (Wildman–Crippen LogP) is 3.11. The summed E-state index contributed by atoms with van der Waals surface area (Å²) in [6.07, 6.45) is 8.40. The zero-order valence-electron chi connectivity index (χ0n) is 17.8. The Labute approximate surface area is 181 Å². The molecule has 4 rings (SSSR count). The number of rotatable bonds is 5. The third kappa shape index (κ3) is 4.45. The van der Waals surface area contributed by atoms with E-state index in [0.717, 1.165) is 37.1 Å². The van der Waals surface area contributed by atoms with Crippen LogP contribution in [0.5, 0.6) is 0 Å². The maximum Gasteiger partial charge on any atom is 0.275 e. The van der Waals surface area contributed by atoms with E-state index in [9.17, 15) is 4.79 Å². The fourth-order valence-corrected chi connectivity index (χ4v) is 4.22. The molecule has 8 heteroatoms. The van der Waals surface area contributed by atoms with Crippen molar-refractivity contribution >= 4 is 5.91 Å².